The van der Waals surface area contributed by atoms with Crippen LogP contribution < -0.4 is 4.74 Å². The lowest BCUT2D eigenvalue weighted by Crippen LogP contribution is -2.50. The average molecular weight is 552 g/mol. The maximum Gasteiger partial charge on any atom is 0.259 e. The van der Waals surface area contributed by atoms with Crippen molar-refractivity contribution in [1.82, 2.24) is 14.2 Å². The first-order chi connectivity index (χ1) is 18.6. The Labute approximate surface area is 228 Å². The van der Waals surface area contributed by atoms with Crippen LogP contribution in [0.5, 0.6) is 5.88 Å². The van der Waals surface area contributed by atoms with Crippen LogP contribution in [0.3, 0.4) is 0 Å². The Morgan fingerprint density at radius 2 is 1.82 bits per heavy atom. The molecule has 1 amide bonds. The monoisotopic (exact) mass is 551 g/mol. The van der Waals surface area contributed by atoms with E-state index in [2.05, 4.69) is 16.8 Å². The molecule has 3 aromatic rings. The third kappa shape index (κ3) is 6.28. The van der Waals surface area contributed by atoms with Crippen molar-refractivity contribution < 1.29 is 27.4 Å². The van der Waals surface area contributed by atoms with Gasteiger partial charge in [-0.15, -0.1) is 0 Å². The first kappa shape index (κ1) is 28.2. The molecule has 0 saturated heterocycles. The molecule has 3 atom stereocenters. The van der Waals surface area contributed by atoms with Crippen molar-refractivity contribution in [2.75, 3.05) is 26.7 Å². The van der Waals surface area contributed by atoms with Crippen LogP contribution >= 0.6 is 0 Å². The molecule has 1 N–H and O–H groups in total. The number of rotatable bonds is 6. The highest BCUT2D eigenvalue weighted by molar-refractivity contribution is 7.89. The molecule has 204 valence electrons. The van der Waals surface area contributed by atoms with Crippen LogP contribution in [-0.4, -0.2) is 72.5 Å². The number of hydrogen-bond acceptors (Lipinski definition) is 6. The summed E-state index contributed by atoms with van der Waals surface area (Å²) in [6.45, 7) is 3.36. The van der Waals surface area contributed by atoms with Gasteiger partial charge in [0.15, 0.2) is 0 Å². The van der Waals surface area contributed by atoms with Crippen molar-refractivity contribution in [1.29, 1.82) is 0 Å². The number of ether oxygens (including phenoxy) is 1. The van der Waals surface area contributed by atoms with Gasteiger partial charge >= 0.3 is 0 Å². The summed E-state index contributed by atoms with van der Waals surface area (Å²) in [5.74, 6) is 4.51. The summed E-state index contributed by atoms with van der Waals surface area (Å²) in [5.41, 5.74) is 1.46. The summed E-state index contributed by atoms with van der Waals surface area (Å²) >= 11 is 0. The molecular weight excluding hydrogens is 521 g/mol. The predicted octanol–water partition coefficient (Wildman–Crippen LogP) is 3.16. The Hall–Kier alpha value is -3.78. The van der Waals surface area contributed by atoms with E-state index in [0.29, 0.717) is 5.56 Å². The summed E-state index contributed by atoms with van der Waals surface area (Å²) in [6, 6.07) is 15.6. The third-order valence-corrected chi connectivity index (χ3v) is 8.46. The van der Waals surface area contributed by atoms with Gasteiger partial charge in [0.1, 0.15) is 22.4 Å². The van der Waals surface area contributed by atoms with Crippen LogP contribution in [0, 0.1) is 23.6 Å². The molecule has 2 heterocycles. The molecule has 4 rings (SSSR count). The van der Waals surface area contributed by atoms with Gasteiger partial charge < -0.3 is 14.7 Å². The van der Waals surface area contributed by atoms with Gasteiger partial charge in [-0.1, -0.05) is 49.1 Å². The van der Waals surface area contributed by atoms with Crippen molar-refractivity contribution in [3.05, 3.63) is 89.4 Å². The molecule has 0 aliphatic carbocycles. The number of fused-ring (bicyclic) bond motifs is 1. The van der Waals surface area contributed by atoms with Crippen LogP contribution in [0.25, 0.3) is 0 Å². The first-order valence-electron chi connectivity index (χ1n) is 12.5. The van der Waals surface area contributed by atoms with E-state index < -0.39 is 32.9 Å². The Kier molecular flexibility index (Phi) is 8.65. The highest BCUT2D eigenvalue weighted by Crippen LogP contribution is 2.28. The fourth-order valence-corrected chi connectivity index (χ4v) is 5.47. The molecule has 0 fully saturated rings. The Morgan fingerprint density at radius 3 is 2.51 bits per heavy atom. The summed E-state index contributed by atoms with van der Waals surface area (Å²) in [5, 5.41) is 9.85. The average Bonchev–Trinajstić information content (AvgIpc) is 2.94. The first-order valence-corrected chi connectivity index (χ1v) is 13.9. The van der Waals surface area contributed by atoms with Crippen molar-refractivity contribution >= 4 is 15.9 Å². The summed E-state index contributed by atoms with van der Waals surface area (Å²) < 4.78 is 47.8. The molecule has 10 heteroatoms. The maximum absolute atomic E-state index is 14.3. The van der Waals surface area contributed by atoms with E-state index >= 15 is 0 Å². The van der Waals surface area contributed by atoms with Crippen molar-refractivity contribution in [3.63, 3.8) is 0 Å². The van der Waals surface area contributed by atoms with Gasteiger partial charge in [-0.05, 0) is 37.3 Å². The maximum atomic E-state index is 14.3. The van der Waals surface area contributed by atoms with E-state index in [1.165, 1.54) is 36.3 Å². The molecule has 8 nitrogen and oxygen atoms in total. The van der Waals surface area contributed by atoms with Gasteiger partial charge in [-0.2, -0.15) is 4.31 Å². The van der Waals surface area contributed by atoms with Gasteiger partial charge in [0.25, 0.3) is 5.91 Å². The van der Waals surface area contributed by atoms with Gasteiger partial charge in [0.2, 0.25) is 15.9 Å². The molecule has 1 aliphatic heterocycles. The molecule has 0 saturated carbocycles. The van der Waals surface area contributed by atoms with Crippen molar-refractivity contribution in [3.8, 4) is 17.7 Å². The molecule has 0 spiro atoms. The van der Waals surface area contributed by atoms with Crippen molar-refractivity contribution in [2.24, 2.45) is 5.92 Å². The molecule has 2 aromatic carbocycles. The number of carbonyl (C=O) groups excluding carboxylic acids is 1. The van der Waals surface area contributed by atoms with E-state index in [0.717, 1.165) is 15.9 Å². The fourth-order valence-electron chi connectivity index (χ4n) is 4.23. The second-order valence-electron chi connectivity index (χ2n) is 9.53. The molecular formula is C29H30FN3O5S. The number of hydrogen-bond donors (Lipinski definition) is 1. The number of pyridine rings is 1. The number of nitrogens with zero attached hydrogens (tertiary/aromatic N) is 3. The number of sulfonamides is 1. The molecule has 0 unspecified atom stereocenters. The number of aromatic nitrogens is 1. The quantitative estimate of drug-likeness (QED) is 0.473. The number of carbonyl (C=O) groups is 1. The molecule has 0 radical (unpaired) electrons. The zero-order valence-corrected chi connectivity index (χ0v) is 22.7. The number of likely N-dealkylation sites (N-methyl/N-ethyl adjacent to an activating group) is 1. The molecule has 0 bridgehead atoms. The fraction of sp³-hybridized carbons (Fsp3) is 0.310. The largest absolute Gasteiger partial charge is 0.472 e. The van der Waals surface area contributed by atoms with E-state index in [4.69, 9.17) is 4.74 Å². The zero-order chi connectivity index (χ0) is 28.2. The third-order valence-electron chi connectivity index (χ3n) is 6.61. The minimum absolute atomic E-state index is 0.0358. The minimum Gasteiger partial charge on any atom is -0.472 e. The summed E-state index contributed by atoms with van der Waals surface area (Å²) in [7, 11) is -2.80. The van der Waals surface area contributed by atoms with E-state index in [1.807, 2.05) is 37.3 Å². The second-order valence-corrected chi connectivity index (χ2v) is 11.5. The van der Waals surface area contributed by atoms with Crippen LogP contribution in [0.4, 0.5) is 4.39 Å². The number of benzene rings is 2. The normalized spacial score (nSPS) is 18.3. The van der Waals surface area contributed by atoms with Gasteiger partial charge in [-0.25, -0.2) is 17.8 Å². The molecule has 39 heavy (non-hydrogen) atoms. The number of aliphatic hydroxyl groups excluding tert-OH is 1. The minimum atomic E-state index is -4.16. The lowest BCUT2D eigenvalue weighted by molar-refractivity contribution is 0.0373. The summed E-state index contributed by atoms with van der Waals surface area (Å²) in [4.78, 5) is 19.0. The Balaban J connectivity index is 1.69. The van der Waals surface area contributed by atoms with Crippen LogP contribution in [0.2, 0.25) is 0 Å². The smallest absolute Gasteiger partial charge is 0.259 e. The number of aliphatic hydroxyl groups is 1. The van der Waals surface area contributed by atoms with Gasteiger partial charge in [0.05, 0.1) is 19.2 Å². The lowest BCUT2D eigenvalue weighted by atomic mass is 10.0. The van der Waals surface area contributed by atoms with Crippen LogP contribution in [0.15, 0.2) is 71.8 Å². The second kappa shape index (κ2) is 11.9. The molecule has 1 aromatic heterocycles. The predicted molar refractivity (Wildman–Crippen MR) is 144 cm³/mol. The summed E-state index contributed by atoms with van der Waals surface area (Å²) in [6.07, 6.45) is 0.760. The topological polar surface area (TPSA) is 100 Å². The molecule has 1 aliphatic rings. The number of halogens is 1. The van der Waals surface area contributed by atoms with Gasteiger partial charge in [0, 0.05) is 36.8 Å². The Morgan fingerprint density at radius 1 is 1.15 bits per heavy atom. The van der Waals surface area contributed by atoms with Crippen LogP contribution in [-0.2, 0) is 10.0 Å². The van der Waals surface area contributed by atoms with E-state index in [9.17, 15) is 22.7 Å². The Bertz CT molecular complexity index is 1500. The zero-order valence-electron chi connectivity index (χ0n) is 21.9. The van der Waals surface area contributed by atoms with Crippen molar-refractivity contribution in [2.45, 2.75) is 30.9 Å². The van der Waals surface area contributed by atoms with Gasteiger partial charge in [-0.3, -0.25) is 4.79 Å². The number of amides is 1. The highest BCUT2D eigenvalue weighted by Gasteiger charge is 2.36. The standard InChI is InChI=1S/C29H30FN3O5S/c1-20-17-33(21(2)19-34)29(35)24-15-23(14-13-22-9-5-4-6-10-22)16-31-28(24)38-26(20)18-32(3)39(36,37)27-12-8-7-11-25(27)30/h4-12,15-16,20-21,26,34H,17-19H2,1-3H3/t20-,21-,26-/m0/s1. The van der Waals surface area contributed by atoms with Crippen LogP contribution in [0.1, 0.15) is 35.3 Å². The van der Waals surface area contributed by atoms with E-state index in [1.54, 1.807) is 13.0 Å². The lowest BCUT2D eigenvalue weighted by Gasteiger charge is -2.37. The SMILES string of the molecule is C[C@H]1CN([C@@H](C)CO)C(=O)c2cc(C#Cc3ccccc3)cnc2O[C@H]1CN(C)S(=O)(=O)c1ccccc1F. The van der Waals surface area contributed by atoms with E-state index in [-0.39, 0.29) is 43.0 Å². The highest BCUT2D eigenvalue weighted by atomic mass is 32.2.